The third kappa shape index (κ3) is 4.67. The van der Waals surface area contributed by atoms with Gasteiger partial charge in [-0.05, 0) is 56.0 Å². The van der Waals surface area contributed by atoms with Gasteiger partial charge in [0.15, 0.2) is 0 Å². The molecule has 1 heterocycles. The number of aryl methyl sites for hydroxylation is 1. The van der Waals surface area contributed by atoms with Gasteiger partial charge in [0.1, 0.15) is 17.1 Å². The molecule has 0 unspecified atom stereocenters. The van der Waals surface area contributed by atoms with Gasteiger partial charge in [0, 0.05) is 41.2 Å². The molecule has 5 nitrogen and oxygen atoms in total. The summed E-state index contributed by atoms with van der Waals surface area (Å²) in [5, 5.41) is 0.978. The van der Waals surface area contributed by atoms with Crippen LogP contribution in [0.25, 0.3) is 27.7 Å². The van der Waals surface area contributed by atoms with Crippen molar-refractivity contribution in [3.05, 3.63) is 53.8 Å². The van der Waals surface area contributed by atoms with Crippen LogP contribution in [0.3, 0.4) is 0 Å². The summed E-state index contributed by atoms with van der Waals surface area (Å²) < 4.78 is 17.1. The van der Waals surface area contributed by atoms with E-state index in [-0.39, 0.29) is 5.91 Å². The van der Waals surface area contributed by atoms with Crippen molar-refractivity contribution in [3.63, 3.8) is 0 Å². The molecule has 0 spiro atoms. The van der Waals surface area contributed by atoms with Crippen molar-refractivity contribution < 1.29 is 18.7 Å². The maximum Gasteiger partial charge on any atom is 0.246 e. The maximum atomic E-state index is 12.9. The van der Waals surface area contributed by atoms with Crippen LogP contribution in [0.5, 0.6) is 11.5 Å². The van der Waals surface area contributed by atoms with Gasteiger partial charge >= 0.3 is 0 Å². The Labute approximate surface area is 190 Å². The van der Waals surface area contributed by atoms with Crippen LogP contribution in [0.4, 0.5) is 0 Å². The molecule has 0 atom stereocenters. The molecule has 1 amide bonds. The monoisotopic (exact) mass is 435 g/mol. The van der Waals surface area contributed by atoms with Crippen molar-refractivity contribution in [1.82, 2.24) is 4.90 Å². The number of nitrogens with zero attached hydrogens (tertiary/aromatic N) is 1. The molecule has 0 radical (unpaired) electrons. The summed E-state index contributed by atoms with van der Waals surface area (Å²) in [5.41, 5.74) is 5.43. The molecule has 32 heavy (non-hydrogen) atoms. The van der Waals surface area contributed by atoms with Crippen molar-refractivity contribution >= 4 is 22.4 Å². The predicted octanol–water partition coefficient (Wildman–Crippen LogP) is 6.48. The Bertz CT molecular complexity index is 1120. The number of allylic oxidation sites excluding steroid dienone is 1. The molecular formula is C27H33NO4. The molecule has 0 aliphatic heterocycles. The van der Waals surface area contributed by atoms with Crippen LogP contribution in [0, 0.1) is 6.92 Å². The molecule has 3 rings (SSSR count). The number of hydrogen-bond acceptors (Lipinski definition) is 4. The van der Waals surface area contributed by atoms with Crippen LogP contribution >= 0.6 is 0 Å². The first-order valence-corrected chi connectivity index (χ1v) is 11.2. The molecule has 0 aliphatic carbocycles. The quantitative estimate of drug-likeness (QED) is 0.361. The van der Waals surface area contributed by atoms with Gasteiger partial charge in [0.25, 0.3) is 0 Å². The topological polar surface area (TPSA) is 51.9 Å². The van der Waals surface area contributed by atoms with Crippen molar-refractivity contribution in [2.45, 2.75) is 40.5 Å². The number of ether oxygens (including phenoxy) is 2. The van der Waals surface area contributed by atoms with E-state index in [0.29, 0.717) is 0 Å². The minimum atomic E-state index is 0.0335. The smallest absolute Gasteiger partial charge is 0.246 e. The molecule has 0 saturated carbocycles. The van der Waals surface area contributed by atoms with Gasteiger partial charge in [-0.25, -0.2) is 0 Å². The number of furan rings is 1. The van der Waals surface area contributed by atoms with E-state index >= 15 is 0 Å². The van der Waals surface area contributed by atoms with Gasteiger partial charge < -0.3 is 18.8 Å². The molecule has 2 aromatic carbocycles. The Hall–Kier alpha value is -3.21. The zero-order valence-corrected chi connectivity index (χ0v) is 20.0. The SMILES string of the molecule is CCCN(CCC)C(=O)/C=C(\C)c1cc2c(-c3cccc(OC)c3)coc2c(C)c1OC. The highest BCUT2D eigenvalue weighted by Gasteiger charge is 2.19. The molecule has 170 valence electrons. The van der Waals surface area contributed by atoms with E-state index in [1.165, 1.54) is 0 Å². The average molecular weight is 436 g/mol. The van der Waals surface area contributed by atoms with E-state index in [1.807, 2.05) is 43.0 Å². The highest BCUT2D eigenvalue weighted by atomic mass is 16.5. The largest absolute Gasteiger partial charge is 0.497 e. The fourth-order valence-corrected chi connectivity index (χ4v) is 4.11. The highest BCUT2D eigenvalue weighted by Crippen LogP contribution is 2.41. The molecule has 0 bridgehead atoms. The minimum absolute atomic E-state index is 0.0335. The lowest BCUT2D eigenvalue weighted by Gasteiger charge is -2.20. The van der Waals surface area contributed by atoms with Crippen LogP contribution in [0.15, 0.2) is 47.1 Å². The number of hydrogen-bond donors (Lipinski definition) is 0. The Morgan fingerprint density at radius 3 is 2.44 bits per heavy atom. The Morgan fingerprint density at radius 2 is 1.81 bits per heavy atom. The van der Waals surface area contributed by atoms with Gasteiger partial charge in [0.2, 0.25) is 5.91 Å². The number of amides is 1. The van der Waals surface area contributed by atoms with Gasteiger partial charge in [-0.1, -0.05) is 26.0 Å². The molecule has 0 N–H and O–H groups in total. The summed E-state index contributed by atoms with van der Waals surface area (Å²) in [7, 11) is 3.31. The number of rotatable bonds is 9. The van der Waals surface area contributed by atoms with Gasteiger partial charge in [-0.15, -0.1) is 0 Å². The van der Waals surface area contributed by atoms with Crippen LogP contribution < -0.4 is 9.47 Å². The van der Waals surface area contributed by atoms with E-state index in [1.54, 1.807) is 26.6 Å². The summed E-state index contributed by atoms with van der Waals surface area (Å²) in [6.07, 6.45) is 5.36. The number of benzene rings is 2. The van der Waals surface area contributed by atoms with Crippen molar-refractivity contribution in [3.8, 4) is 22.6 Å². The first-order chi connectivity index (χ1) is 15.4. The van der Waals surface area contributed by atoms with Crippen molar-refractivity contribution in [1.29, 1.82) is 0 Å². The third-order valence-electron chi connectivity index (χ3n) is 5.69. The van der Waals surface area contributed by atoms with E-state index < -0.39 is 0 Å². The molecule has 0 saturated heterocycles. The lowest BCUT2D eigenvalue weighted by Crippen LogP contribution is -2.31. The van der Waals surface area contributed by atoms with Gasteiger partial charge in [-0.2, -0.15) is 0 Å². The molecule has 5 heteroatoms. The number of fused-ring (bicyclic) bond motifs is 1. The number of carbonyl (C=O) groups excluding carboxylic acids is 1. The molecule has 0 fully saturated rings. The van der Waals surface area contributed by atoms with E-state index in [4.69, 9.17) is 13.9 Å². The number of carbonyl (C=O) groups is 1. The van der Waals surface area contributed by atoms with Crippen LogP contribution in [0.2, 0.25) is 0 Å². The number of methoxy groups -OCH3 is 2. The second-order valence-corrected chi connectivity index (χ2v) is 7.99. The Balaban J connectivity index is 2.12. The first-order valence-electron chi connectivity index (χ1n) is 11.2. The molecular weight excluding hydrogens is 402 g/mol. The summed E-state index contributed by atoms with van der Waals surface area (Å²) in [6.45, 7) is 9.64. The standard InChI is InChI=1S/C27H33NO4/c1-7-12-28(13-8-2)25(29)14-18(3)22-16-23-24(20-10-9-11-21(15-20)30-5)17-32-27(23)19(4)26(22)31-6/h9-11,14-17H,7-8,12-13H2,1-6H3/b18-14+. The predicted molar refractivity (Wildman–Crippen MR) is 130 cm³/mol. The van der Waals surface area contributed by atoms with Gasteiger partial charge in [0.05, 0.1) is 20.5 Å². The third-order valence-corrected chi connectivity index (χ3v) is 5.69. The maximum absolute atomic E-state index is 12.9. The van der Waals surface area contributed by atoms with Crippen LogP contribution in [0.1, 0.15) is 44.7 Å². The lowest BCUT2D eigenvalue weighted by molar-refractivity contribution is -0.126. The van der Waals surface area contributed by atoms with Crippen molar-refractivity contribution in [2.75, 3.05) is 27.3 Å². The highest BCUT2D eigenvalue weighted by molar-refractivity contribution is 6.01. The fraction of sp³-hybridized carbons (Fsp3) is 0.370. The zero-order valence-electron chi connectivity index (χ0n) is 20.0. The Morgan fingerprint density at radius 1 is 1.09 bits per heavy atom. The zero-order chi connectivity index (χ0) is 23.3. The van der Waals surface area contributed by atoms with Gasteiger partial charge in [-0.3, -0.25) is 4.79 Å². The van der Waals surface area contributed by atoms with E-state index in [0.717, 1.165) is 76.2 Å². The van der Waals surface area contributed by atoms with Crippen LogP contribution in [-0.4, -0.2) is 38.1 Å². The fourth-order valence-electron chi connectivity index (χ4n) is 4.11. The average Bonchev–Trinajstić information content (AvgIpc) is 3.23. The summed E-state index contributed by atoms with van der Waals surface area (Å²) in [6, 6.07) is 9.96. The molecule has 0 aliphatic rings. The summed E-state index contributed by atoms with van der Waals surface area (Å²) in [5.74, 6) is 1.55. The second-order valence-electron chi connectivity index (χ2n) is 7.99. The van der Waals surface area contributed by atoms with Crippen LogP contribution in [-0.2, 0) is 4.79 Å². The van der Waals surface area contributed by atoms with E-state index in [9.17, 15) is 4.79 Å². The summed E-state index contributed by atoms with van der Waals surface area (Å²) in [4.78, 5) is 14.8. The summed E-state index contributed by atoms with van der Waals surface area (Å²) >= 11 is 0. The lowest BCUT2D eigenvalue weighted by atomic mass is 9.96. The van der Waals surface area contributed by atoms with Crippen molar-refractivity contribution in [2.24, 2.45) is 0 Å². The molecule has 1 aromatic heterocycles. The van der Waals surface area contributed by atoms with E-state index in [2.05, 4.69) is 19.9 Å². The minimum Gasteiger partial charge on any atom is -0.497 e. The first kappa shape index (κ1) is 23.5. The Kier molecular flexibility index (Phi) is 7.62. The molecule has 3 aromatic rings. The normalized spacial score (nSPS) is 11.6. The second kappa shape index (κ2) is 10.4.